The summed E-state index contributed by atoms with van der Waals surface area (Å²) in [6.07, 6.45) is 7.44. The third-order valence-corrected chi connectivity index (χ3v) is 5.51. The number of aromatic nitrogens is 1. The summed E-state index contributed by atoms with van der Waals surface area (Å²) >= 11 is 0. The van der Waals surface area contributed by atoms with Crippen molar-refractivity contribution in [1.29, 1.82) is 0 Å². The predicted molar refractivity (Wildman–Crippen MR) is 101 cm³/mol. The summed E-state index contributed by atoms with van der Waals surface area (Å²) in [5.41, 5.74) is 1.41. The topological polar surface area (TPSA) is 83.1 Å². The second-order valence-corrected chi connectivity index (χ2v) is 7.25. The molecule has 2 amide bonds. The Hall–Kier alpha value is -2.47. The van der Waals surface area contributed by atoms with Crippen molar-refractivity contribution in [3.63, 3.8) is 0 Å². The molecule has 6 nitrogen and oxygen atoms in total. The number of rotatable bonds is 4. The lowest BCUT2D eigenvalue weighted by Crippen LogP contribution is -2.45. The lowest BCUT2D eigenvalue weighted by molar-refractivity contribution is -0.125. The van der Waals surface area contributed by atoms with E-state index in [4.69, 9.17) is 0 Å². The van der Waals surface area contributed by atoms with E-state index < -0.39 is 0 Å². The lowest BCUT2D eigenvalue weighted by atomic mass is 9.85. The van der Waals surface area contributed by atoms with Crippen molar-refractivity contribution in [2.75, 3.05) is 11.9 Å². The Morgan fingerprint density at radius 1 is 1.15 bits per heavy atom. The molecular weight excluding hydrogens is 328 g/mol. The highest BCUT2D eigenvalue weighted by Crippen LogP contribution is 2.33. The number of carbonyl (C=O) groups excluding carboxylic acids is 2. The molecule has 2 aliphatic rings. The molecule has 1 aromatic heterocycles. The zero-order valence-corrected chi connectivity index (χ0v) is 14.7. The van der Waals surface area contributed by atoms with Crippen LogP contribution in [0.15, 0.2) is 36.5 Å². The van der Waals surface area contributed by atoms with Gasteiger partial charge in [-0.05, 0) is 37.3 Å². The van der Waals surface area contributed by atoms with Gasteiger partial charge in [0, 0.05) is 17.6 Å². The second kappa shape index (κ2) is 7.41. The molecule has 1 saturated carbocycles. The molecule has 2 heterocycles. The quantitative estimate of drug-likeness (QED) is 0.788. The Bertz CT molecular complexity index is 803. The molecular formula is C20H24N4O2. The van der Waals surface area contributed by atoms with Gasteiger partial charge in [0.1, 0.15) is 0 Å². The van der Waals surface area contributed by atoms with Gasteiger partial charge in [-0.25, -0.2) is 0 Å². The highest BCUT2D eigenvalue weighted by Gasteiger charge is 2.38. The molecule has 2 fully saturated rings. The predicted octanol–water partition coefficient (Wildman–Crippen LogP) is 2.21. The molecule has 1 aromatic carbocycles. The molecule has 1 saturated heterocycles. The van der Waals surface area contributed by atoms with Gasteiger partial charge in [-0.2, -0.15) is 0 Å². The highest BCUT2D eigenvalue weighted by molar-refractivity contribution is 6.01. The van der Waals surface area contributed by atoms with Crippen LogP contribution in [0.2, 0.25) is 0 Å². The molecule has 2 aromatic rings. The first-order valence-electron chi connectivity index (χ1n) is 9.38. The normalized spacial score (nSPS) is 24.8. The van der Waals surface area contributed by atoms with E-state index in [0.717, 1.165) is 23.7 Å². The standard InChI is InChI=1S/C20H24N4O2/c25-18(24-16-9-3-6-13-7-4-10-21-19(13)16)12-22-20(26)17-11-14-5-1-2-8-15(14)23-17/h3-4,6-7,9-10,14-15,17,23H,1-2,5,8,11-12H2,(H,22,26)(H,24,25). The van der Waals surface area contributed by atoms with Crippen LogP contribution in [-0.2, 0) is 9.59 Å². The minimum Gasteiger partial charge on any atom is -0.346 e. The van der Waals surface area contributed by atoms with Crippen LogP contribution in [0.3, 0.4) is 0 Å². The van der Waals surface area contributed by atoms with Gasteiger partial charge < -0.3 is 16.0 Å². The summed E-state index contributed by atoms with van der Waals surface area (Å²) in [6, 6.07) is 9.75. The summed E-state index contributed by atoms with van der Waals surface area (Å²) in [5, 5.41) is 10.0. The average Bonchev–Trinajstić information content (AvgIpc) is 3.11. The van der Waals surface area contributed by atoms with Gasteiger partial charge in [-0.1, -0.05) is 31.0 Å². The summed E-state index contributed by atoms with van der Waals surface area (Å²) in [5.74, 6) is 0.285. The Balaban J connectivity index is 1.32. The van der Waals surface area contributed by atoms with Crippen molar-refractivity contribution >= 4 is 28.4 Å². The number of hydrogen-bond acceptors (Lipinski definition) is 4. The first-order chi connectivity index (χ1) is 12.7. The Morgan fingerprint density at radius 2 is 2.00 bits per heavy atom. The van der Waals surface area contributed by atoms with E-state index in [2.05, 4.69) is 20.9 Å². The van der Waals surface area contributed by atoms with E-state index in [1.807, 2.05) is 30.3 Å². The lowest BCUT2D eigenvalue weighted by Gasteiger charge is -2.24. The van der Waals surface area contributed by atoms with Crippen LogP contribution < -0.4 is 16.0 Å². The van der Waals surface area contributed by atoms with Crippen LogP contribution in [0.25, 0.3) is 10.9 Å². The minimum absolute atomic E-state index is 0.0322. The molecule has 3 atom stereocenters. The van der Waals surface area contributed by atoms with E-state index in [0.29, 0.717) is 17.6 Å². The molecule has 26 heavy (non-hydrogen) atoms. The summed E-state index contributed by atoms with van der Waals surface area (Å²) in [4.78, 5) is 29.0. The number of para-hydroxylation sites is 1. The number of benzene rings is 1. The van der Waals surface area contributed by atoms with Gasteiger partial charge in [0.25, 0.3) is 0 Å². The van der Waals surface area contributed by atoms with Crippen molar-refractivity contribution in [3.05, 3.63) is 36.5 Å². The molecule has 3 unspecified atom stereocenters. The number of nitrogens with one attached hydrogen (secondary N) is 3. The number of carbonyl (C=O) groups is 2. The van der Waals surface area contributed by atoms with Crippen LogP contribution >= 0.6 is 0 Å². The maximum absolute atomic E-state index is 12.4. The van der Waals surface area contributed by atoms with Crippen LogP contribution in [0.4, 0.5) is 5.69 Å². The molecule has 3 N–H and O–H groups in total. The van der Waals surface area contributed by atoms with Gasteiger partial charge in [-0.3, -0.25) is 14.6 Å². The minimum atomic E-state index is -0.244. The van der Waals surface area contributed by atoms with E-state index in [-0.39, 0.29) is 24.4 Å². The van der Waals surface area contributed by atoms with Gasteiger partial charge in [0.2, 0.25) is 11.8 Å². The third-order valence-electron chi connectivity index (χ3n) is 5.51. The molecule has 0 bridgehead atoms. The number of pyridine rings is 1. The molecule has 136 valence electrons. The summed E-state index contributed by atoms with van der Waals surface area (Å²) < 4.78 is 0. The van der Waals surface area contributed by atoms with Crippen molar-refractivity contribution in [2.24, 2.45) is 5.92 Å². The Labute approximate surface area is 152 Å². The first-order valence-corrected chi connectivity index (χ1v) is 9.38. The van der Waals surface area contributed by atoms with E-state index in [9.17, 15) is 9.59 Å². The maximum Gasteiger partial charge on any atom is 0.243 e. The fourth-order valence-electron chi connectivity index (χ4n) is 4.21. The summed E-state index contributed by atoms with van der Waals surface area (Å²) in [6.45, 7) is -0.0322. The maximum atomic E-state index is 12.4. The second-order valence-electron chi connectivity index (χ2n) is 7.25. The first kappa shape index (κ1) is 17.0. The SMILES string of the molecule is O=C(CNC(=O)C1CC2CCCCC2N1)Nc1cccc2cccnc12. The van der Waals surface area contributed by atoms with Gasteiger partial charge in [0.05, 0.1) is 23.8 Å². The van der Waals surface area contributed by atoms with Gasteiger partial charge in [0.15, 0.2) is 0 Å². The van der Waals surface area contributed by atoms with Gasteiger partial charge in [-0.15, -0.1) is 0 Å². The highest BCUT2D eigenvalue weighted by atomic mass is 16.2. The van der Waals surface area contributed by atoms with Gasteiger partial charge >= 0.3 is 0 Å². The smallest absolute Gasteiger partial charge is 0.243 e. The number of fused-ring (bicyclic) bond motifs is 2. The monoisotopic (exact) mass is 352 g/mol. The van der Waals surface area contributed by atoms with Crippen LogP contribution in [0.5, 0.6) is 0 Å². The number of nitrogens with zero attached hydrogens (tertiary/aromatic N) is 1. The number of hydrogen-bond donors (Lipinski definition) is 3. The fourth-order valence-corrected chi connectivity index (χ4v) is 4.21. The van der Waals surface area contributed by atoms with Crippen molar-refractivity contribution in [1.82, 2.24) is 15.6 Å². The van der Waals surface area contributed by atoms with Crippen molar-refractivity contribution in [2.45, 2.75) is 44.2 Å². The van der Waals surface area contributed by atoms with E-state index >= 15 is 0 Å². The zero-order valence-electron chi connectivity index (χ0n) is 14.7. The number of anilines is 1. The molecule has 4 rings (SSSR count). The van der Waals surface area contributed by atoms with Crippen LogP contribution in [0, 0.1) is 5.92 Å². The Morgan fingerprint density at radius 3 is 2.88 bits per heavy atom. The molecule has 1 aliphatic carbocycles. The van der Waals surface area contributed by atoms with E-state index in [1.54, 1.807) is 6.20 Å². The van der Waals surface area contributed by atoms with Crippen molar-refractivity contribution in [3.8, 4) is 0 Å². The zero-order chi connectivity index (χ0) is 17.9. The summed E-state index contributed by atoms with van der Waals surface area (Å²) in [7, 11) is 0. The Kier molecular flexibility index (Phi) is 4.84. The van der Waals surface area contributed by atoms with Crippen molar-refractivity contribution < 1.29 is 9.59 Å². The fraction of sp³-hybridized carbons (Fsp3) is 0.450. The largest absolute Gasteiger partial charge is 0.346 e. The van der Waals surface area contributed by atoms with Crippen LogP contribution in [-0.4, -0.2) is 35.4 Å². The molecule has 1 aliphatic heterocycles. The number of amides is 2. The van der Waals surface area contributed by atoms with E-state index in [1.165, 1.54) is 19.3 Å². The molecule has 6 heteroatoms. The third kappa shape index (κ3) is 3.55. The molecule has 0 spiro atoms. The molecule has 0 radical (unpaired) electrons. The van der Waals surface area contributed by atoms with Crippen LogP contribution in [0.1, 0.15) is 32.1 Å². The average molecular weight is 352 g/mol.